The van der Waals surface area contributed by atoms with Gasteiger partial charge in [-0.2, -0.15) is 0 Å². The first-order valence-electron chi connectivity index (χ1n) is 5.66. The van der Waals surface area contributed by atoms with Gasteiger partial charge in [0.05, 0.1) is 19.3 Å². The molecule has 7 nitrogen and oxygen atoms in total. The predicted molar refractivity (Wildman–Crippen MR) is 62.4 cm³/mol. The molecule has 2 atom stereocenters. The molecule has 0 aromatic heterocycles. The summed E-state index contributed by atoms with van der Waals surface area (Å²) < 4.78 is 5.30. The number of urea groups is 1. The molecule has 1 saturated heterocycles. The Hall–Kier alpha value is -1.18. The SMILES string of the molecule is CNC(=O)NC(=O)C(C)N1CCOCC1CN. The molecule has 2 unspecified atom stereocenters. The first kappa shape index (κ1) is 13.9. The Bertz CT molecular complexity index is 285. The van der Waals surface area contributed by atoms with Crippen LogP contribution in [-0.4, -0.2) is 62.3 Å². The molecule has 17 heavy (non-hydrogen) atoms. The van der Waals surface area contributed by atoms with Crippen molar-refractivity contribution in [1.29, 1.82) is 0 Å². The van der Waals surface area contributed by atoms with E-state index in [0.29, 0.717) is 26.3 Å². The number of carbonyl (C=O) groups excluding carboxylic acids is 2. The first-order valence-corrected chi connectivity index (χ1v) is 5.66. The molecule has 1 rings (SSSR count). The van der Waals surface area contributed by atoms with Crippen molar-refractivity contribution in [3.8, 4) is 0 Å². The predicted octanol–water partition coefficient (Wildman–Crippen LogP) is -1.51. The Balaban J connectivity index is 2.57. The molecule has 4 N–H and O–H groups in total. The molecule has 0 aromatic carbocycles. The largest absolute Gasteiger partial charge is 0.378 e. The fraction of sp³-hybridized carbons (Fsp3) is 0.800. The van der Waals surface area contributed by atoms with Crippen molar-refractivity contribution in [2.75, 3.05) is 33.4 Å². The Morgan fingerprint density at radius 1 is 1.59 bits per heavy atom. The number of rotatable bonds is 3. The molecule has 0 aliphatic carbocycles. The van der Waals surface area contributed by atoms with Gasteiger partial charge in [0.15, 0.2) is 0 Å². The summed E-state index contributed by atoms with van der Waals surface area (Å²) in [5.74, 6) is -0.329. The van der Waals surface area contributed by atoms with E-state index in [9.17, 15) is 9.59 Å². The second-order valence-corrected chi connectivity index (χ2v) is 3.95. The molecule has 0 bridgehead atoms. The smallest absolute Gasteiger partial charge is 0.321 e. The summed E-state index contributed by atoms with van der Waals surface area (Å²) in [6.07, 6.45) is 0. The van der Waals surface area contributed by atoms with Gasteiger partial charge in [-0.25, -0.2) is 4.79 Å². The van der Waals surface area contributed by atoms with Gasteiger partial charge in [-0.3, -0.25) is 15.0 Å². The van der Waals surface area contributed by atoms with Crippen LogP contribution in [0.3, 0.4) is 0 Å². The zero-order valence-electron chi connectivity index (χ0n) is 10.2. The third-order valence-corrected chi connectivity index (χ3v) is 2.89. The summed E-state index contributed by atoms with van der Waals surface area (Å²) in [7, 11) is 1.46. The summed E-state index contributed by atoms with van der Waals surface area (Å²) in [6.45, 7) is 3.93. The number of ether oxygens (including phenoxy) is 1. The van der Waals surface area contributed by atoms with E-state index >= 15 is 0 Å². The number of hydrogen-bond donors (Lipinski definition) is 3. The highest BCUT2D eigenvalue weighted by Gasteiger charge is 2.30. The molecule has 1 aliphatic rings. The quantitative estimate of drug-likeness (QED) is 0.561. The van der Waals surface area contributed by atoms with Crippen molar-refractivity contribution < 1.29 is 14.3 Å². The summed E-state index contributed by atoms with van der Waals surface area (Å²) in [4.78, 5) is 24.8. The molecule has 0 radical (unpaired) electrons. The second-order valence-electron chi connectivity index (χ2n) is 3.95. The van der Waals surface area contributed by atoms with Crippen LogP contribution in [0.4, 0.5) is 4.79 Å². The van der Waals surface area contributed by atoms with Crippen molar-refractivity contribution >= 4 is 11.9 Å². The Morgan fingerprint density at radius 3 is 2.88 bits per heavy atom. The Morgan fingerprint density at radius 2 is 2.29 bits per heavy atom. The topological polar surface area (TPSA) is 96.7 Å². The highest BCUT2D eigenvalue weighted by atomic mass is 16.5. The van der Waals surface area contributed by atoms with Crippen LogP contribution in [0.1, 0.15) is 6.92 Å². The van der Waals surface area contributed by atoms with Crippen molar-refractivity contribution in [2.24, 2.45) is 5.73 Å². The maximum absolute atomic E-state index is 11.8. The van der Waals surface area contributed by atoms with Gasteiger partial charge in [0.1, 0.15) is 0 Å². The van der Waals surface area contributed by atoms with Gasteiger partial charge >= 0.3 is 6.03 Å². The normalized spacial score (nSPS) is 22.9. The van der Waals surface area contributed by atoms with Gasteiger partial charge in [0, 0.05) is 26.2 Å². The summed E-state index contributed by atoms with van der Waals surface area (Å²) in [6, 6.07) is -0.877. The van der Waals surface area contributed by atoms with Crippen molar-refractivity contribution in [1.82, 2.24) is 15.5 Å². The fourth-order valence-electron chi connectivity index (χ4n) is 1.81. The number of amides is 3. The van der Waals surface area contributed by atoms with E-state index in [1.165, 1.54) is 7.05 Å². The third kappa shape index (κ3) is 3.65. The summed E-state index contributed by atoms with van der Waals surface area (Å²) in [5, 5.41) is 4.60. The number of nitrogens with zero attached hydrogens (tertiary/aromatic N) is 1. The minimum atomic E-state index is -0.501. The lowest BCUT2D eigenvalue weighted by Gasteiger charge is -2.38. The fourth-order valence-corrected chi connectivity index (χ4v) is 1.81. The summed E-state index contributed by atoms with van der Waals surface area (Å²) >= 11 is 0. The molecule has 1 aliphatic heterocycles. The lowest BCUT2D eigenvalue weighted by Crippen LogP contribution is -2.58. The molecule has 3 amide bonds. The van der Waals surface area contributed by atoms with Crippen molar-refractivity contribution in [3.05, 3.63) is 0 Å². The molecule has 0 saturated carbocycles. The second kappa shape index (κ2) is 6.53. The highest BCUT2D eigenvalue weighted by molar-refractivity contribution is 5.96. The summed E-state index contributed by atoms with van der Waals surface area (Å²) in [5.41, 5.74) is 5.63. The Labute approximate surface area is 101 Å². The minimum Gasteiger partial charge on any atom is -0.378 e. The lowest BCUT2D eigenvalue weighted by molar-refractivity contribution is -0.128. The first-order chi connectivity index (χ1) is 8.10. The van der Waals surface area contributed by atoms with E-state index in [-0.39, 0.29) is 11.9 Å². The molecule has 1 heterocycles. The number of carbonyl (C=O) groups is 2. The average molecular weight is 244 g/mol. The van der Waals surface area contributed by atoms with E-state index in [2.05, 4.69) is 10.6 Å². The molecule has 1 fully saturated rings. The van der Waals surface area contributed by atoms with Crippen LogP contribution >= 0.6 is 0 Å². The molecule has 0 spiro atoms. The maximum atomic E-state index is 11.8. The molecule has 7 heteroatoms. The van der Waals surface area contributed by atoms with Gasteiger partial charge in [0.25, 0.3) is 0 Å². The molecular weight excluding hydrogens is 224 g/mol. The van der Waals surface area contributed by atoms with Crippen LogP contribution < -0.4 is 16.4 Å². The van der Waals surface area contributed by atoms with Gasteiger partial charge in [-0.15, -0.1) is 0 Å². The van der Waals surface area contributed by atoms with Gasteiger partial charge < -0.3 is 15.8 Å². The zero-order valence-corrected chi connectivity index (χ0v) is 10.2. The zero-order chi connectivity index (χ0) is 12.8. The third-order valence-electron chi connectivity index (χ3n) is 2.89. The van der Waals surface area contributed by atoms with Crippen molar-refractivity contribution in [3.63, 3.8) is 0 Å². The van der Waals surface area contributed by atoms with E-state index in [4.69, 9.17) is 10.5 Å². The van der Waals surface area contributed by atoms with Crippen LogP contribution in [0.5, 0.6) is 0 Å². The van der Waals surface area contributed by atoms with Crippen LogP contribution in [0.2, 0.25) is 0 Å². The van der Waals surface area contributed by atoms with Crippen LogP contribution in [0.15, 0.2) is 0 Å². The highest BCUT2D eigenvalue weighted by Crippen LogP contribution is 2.10. The lowest BCUT2D eigenvalue weighted by atomic mass is 10.1. The van der Waals surface area contributed by atoms with Gasteiger partial charge in [0.2, 0.25) is 5.91 Å². The van der Waals surface area contributed by atoms with Gasteiger partial charge in [-0.1, -0.05) is 0 Å². The molecule has 0 aromatic rings. The van der Waals surface area contributed by atoms with Crippen LogP contribution in [-0.2, 0) is 9.53 Å². The number of nitrogens with one attached hydrogen (secondary N) is 2. The minimum absolute atomic E-state index is 0.0224. The number of hydrogen-bond acceptors (Lipinski definition) is 5. The maximum Gasteiger partial charge on any atom is 0.321 e. The molecular formula is C10H20N4O3. The molecule has 98 valence electrons. The van der Waals surface area contributed by atoms with Crippen LogP contribution in [0, 0.1) is 0 Å². The van der Waals surface area contributed by atoms with E-state index in [0.717, 1.165) is 0 Å². The number of nitrogens with two attached hydrogens (primary N) is 1. The number of imide groups is 1. The van der Waals surface area contributed by atoms with E-state index in [1.807, 2.05) is 4.90 Å². The van der Waals surface area contributed by atoms with Gasteiger partial charge in [-0.05, 0) is 6.92 Å². The average Bonchev–Trinajstić information content (AvgIpc) is 2.37. The standard InChI is InChI=1S/C10H20N4O3/c1-7(9(15)13-10(16)12-2)14-3-4-17-6-8(14)5-11/h7-8H,3-6,11H2,1-2H3,(H2,12,13,15,16). The monoisotopic (exact) mass is 244 g/mol. The van der Waals surface area contributed by atoms with Crippen molar-refractivity contribution in [2.45, 2.75) is 19.0 Å². The number of morpholine rings is 1. The van der Waals surface area contributed by atoms with Crippen LogP contribution in [0.25, 0.3) is 0 Å². The van der Waals surface area contributed by atoms with E-state index in [1.54, 1.807) is 6.92 Å². The van der Waals surface area contributed by atoms with E-state index < -0.39 is 12.1 Å². The Kier molecular flexibility index (Phi) is 5.33.